The highest BCUT2D eigenvalue weighted by atomic mass is 16.4. The predicted octanol–water partition coefficient (Wildman–Crippen LogP) is 1.12. The quantitative estimate of drug-likeness (QED) is 0.652. The topological polar surface area (TPSA) is 92.4 Å². The fourth-order valence-corrected chi connectivity index (χ4v) is 1.36. The molecule has 0 saturated heterocycles. The molecule has 5 heteroatoms. The Morgan fingerprint density at radius 2 is 1.88 bits per heavy atom. The minimum absolute atomic E-state index is 0.0461. The Kier molecular flexibility index (Phi) is 6.16. The second kappa shape index (κ2) is 6.59. The van der Waals surface area contributed by atoms with Crippen LogP contribution in [0.15, 0.2) is 0 Å². The van der Waals surface area contributed by atoms with E-state index in [0.717, 1.165) is 0 Å². The lowest BCUT2D eigenvalue weighted by molar-refractivity contribution is -0.137. The normalized spacial score (nSPS) is 15.1. The molecule has 2 unspecified atom stereocenters. The van der Waals surface area contributed by atoms with Crippen LogP contribution in [0, 0.1) is 5.41 Å². The van der Waals surface area contributed by atoms with Gasteiger partial charge in [-0.15, -0.1) is 0 Å². The van der Waals surface area contributed by atoms with Crippen molar-refractivity contribution in [2.24, 2.45) is 11.1 Å². The molecule has 0 aromatic heterocycles. The molecule has 2 atom stereocenters. The number of hydrogen-bond donors (Lipinski definition) is 3. The van der Waals surface area contributed by atoms with Crippen LogP contribution in [0.5, 0.6) is 0 Å². The molecule has 17 heavy (non-hydrogen) atoms. The third kappa shape index (κ3) is 6.94. The molecule has 5 nitrogen and oxygen atoms in total. The number of nitrogens with two attached hydrogens (primary N) is 1. The van der Waals surface area contributed by atoms with Crippen LogP contribution in [-0.2, 0) is 9.59 Å². The van der Waals surface area contributed by atoms with Crippen LogP contribution in [0.1, 0.15) is 47.0 Å². The minimum Gasteiger partial charge on any atom is -0.481 e. The van der Waals surface area contributed by atoms with Gasteiger partial charge in [0.05, 0.1) is 6.04 Å². The summed E-state index contributed by atoms with van der Waals surface area (Å²) in [6, 6.07) is -0.598. The van der Waals surface area contributed by atoms with E-state index in [-0.39, 0.29) is 23.8 Å². The van der Waals surface area contributed by atoms with Gasteiger partial charge in [-0.25, -0.2) is 0 Å². The summed E-state index contributed by atoms with van der Waals surface area (Å²) in [7, 11) is 0. The number of aliphatic carboxylic acids is 1. The van der Waals surface area contributed by atoms with Gasteiger partial charge in [0.25, 0.3) is 0 Å². The molecule has 0 spiro atoms. The molecule has 0 rings (SSSR count). The van der Waals surface area contributed by atoms with Crippen LogP contribution < -0.4 is 11.1 Å². The summed E-state index contributed by atoms with van der Waals surface area (Å²) in [6.07, 6.45) is 1.34. The largest absolute Gasteiger partial charge is 0.481 e. The van der Waals surface area contributed by atoms with Crippen molar-refractivity contribution in [2.75, 3.05) is 0 Å². The first-order valence-electron chi connectivity index (χ1n) is 5.92. The molecule has 0 heterocycles. The zero-order valence-corrected chi connectivity index (χ0v) is 11.1. The molecule has 0 bridgehead atoms. The van der Waals surface area contributed by atoms with Gasteiger partial charge in [0, 0.05) is 12.5 Å². The van der Waals surface area contributed by atoms with Gasteiger partial charge in [-0.2, -0.15) is 0 Å². The van der Waals surface area contributed by atoms with Gasteiger partial charge in [-0.3, -0.25) is 9.59 Å². The van der Waals surface area contributed by atoms with Gasteiger partial charge >= 0.3 is 5.97 Å². The summed E-state index contributed by atoms with van der Waals surface area (Å²) in [6.45, 7) is 7.58. The first-order valence-corrected chi connectivity index (χ1v) is 5.92. The molecule has 0 aliphatic rings. The number of carbonyl (C=O) groups is 2. The summed E-state index contributed by atoms with van der Waals surface area (Å²) in [4.78, 5) is 22.1. The van der Waals surface area contributed by atoms with E-state index in [2.05, 4.69) is 5.32 Å². The third-order valence-electron chi connectivity index (χ3n) is 2.63. The van der Waals surface area contributed by atoms with Gasteiger partial charge in [0.2, 0.25) is 5.91 Å². The van der Waals surface area contributed by atoms with E-state index in [1.807, 2.05) is 27.7 Å². The van der Waals surface area contributed by atoms with Crippen molar-refractivity contribution < 1.29 is 14.7 Å². The summed E-state index contributed by atoms with van der Waals surface area (Å²) < 4.78 is 0. The average molecular weight is 244 g/mol. The maximum atomic E-state index is 11.7. The van der Waals surface area contributed by atoms with Crippen molar-refractivity contribution >= 4 is 11.9 Å². The molecular formula is C12H24N2O3. The van der Waals surface area contributed by atoms with Crippen molar-refractivity contribution in [2.45, 2.75) is 59.0 Å². The summed E-state index contributed by atoms with van der Waals surface area (Å²) in [5.41, 5.74) is 5.54. The van der Waals surface area contributed by atoms with E-state index in [0.29, 0.717) is 12.8 Å². The van der Waals surface area contributed by atoms with Crippen LogP contribution >= 0.6 is 0 Å². The minimum atomic E-state index is -0.810. The van der Waals surface area contributed by atoms with Crippen LogP contribution in [0.25, 0.3) is 0 Å². The smallest absolute Gasteiger partial charge is 0.303 e. The molecular weight excluding hydrogens is 220 g/mol. The molecule has 0 aliphatic heterocycles. The highest BCUT2D eigenvalue weighted by Crippen LogP contribution is 2.17. The average Bonchev–Trinajstić information content (AvgIpc) is 2.14. The van der Waals surface area contributed by atoms with Gasteiger partial charge in [0.15, 0.2) is 0 Å². The molecule has 1 amide bonds. The summed E-state index contributed by atoms with van der Waals surface area (Å²) in [5, 5.41) is 11.3. The number of amides is 1. The van der Waals surface area contributed by atoms with Crippen LogP contribution in [-0.4, -0.2) is 29.1 Å². The number of rotatable bonds is 6. The van der Waals surface area contributed by atoms with E-state index in [9.17, 15) is 9.59 Å². The molecule has 0 aliphatic carbocycles. The first-order chi connectivity index (χ1) is 7.64. The van der Waals surface area contributed by atoms with E-state index in [1.165, 1.54) is 0 Å². The molecule has 0 aromatic rings. The highest BCUT2D eigenvalue weighted by molar-refractivity contribution is 5.82. The van der Waals surface area contributed by atoms with Gasteiger partial charge in [0.1, 0.15) is 0 Å². The summed E-state index contributed by atoms with van der Waals surface area (Å²) in [5.74, 6) is -0.991. The van der Waals surface area contributed by atoms with Gasteiger partial charge < -0.3 is 16.2 Å². The fourth-order valence-electron chi connectivity index (χ4n) is 1.36. The van der Waals surface area contributed by atoms with E-state index in [1.54, 1.807) is 0 Å². The Morgan fingerprint density at radius 1 is 1.35 bits per heavy atom. The zero-order valence-electron chi connectivity index (χ0n) is 11.1. The Balaban J connectivity index is 4.00. The van der Waals surface area contributed by atoms with Crippen molar-refractivity contribution in [3.05, 3.63) is 0 Å². The number of hydrogen-bond acceptors (Lipinski definition) is 3. The monoisotopic (exact) mass is 244 g/mol. The van der Waals surface area contributed by atoms with Crippen LogP contribution in [0.4, 0.5) is 0 Å². The van der Waals surface area contributed by atoms with Crippen molar-refractivity contribution in [1.29, 1.82) is 0 Å². The molecule has 4 N–H and O–H groups in total. The number of carboxylic acids is 1. The van der Waals surface area contributed by atoms with E-state index < -0.39 is 12.0 Å². The molecule has 100 valence electrons. The SMILES string of the molecule is CC(CCCC(=O)O)NC(=O)C(N)C(C)(C)C. The lowest BCUT2D eigenvalue weighted by Gasteiger charge is -2.27. The van der Waals surface area contributed by atoms with Crippen molar-refractivity contribution in [3.63, 3.8) is 0 Å². The highest BCUT2D eigenvalue weighted by Gasteiger charge is 2.27. The second-order valence-corrected chi connectivity index (χ2v) is 5.54. The number of nitrogens with one attached hydrogen (secondary N) is 1. The predicted molar refractivity (Wildman–Crippen MR) is 66.5 cm³/mol. The Hall–Kier alpha value is -1.10. The second-order valence-electron chi connectivity index (χ2n) is 5.54. The zero-order chi connectivity index (χ0) is 13.6. The summed E-state index contributed by atoms with van der Waals surface area (Å²) >= 11 is 0. The maximum absolute atomic E-state index is 11.7. The Labute approximate surface area is 103 Å². The number of carbonyl (C=O) groups excluding carboxylic acids is 1. The van der Waals surface area contributed by atoms with Crippen molar-refractivity contribution in [1.82, 2.24) is 5.32 Å². The lowest BCUT2D eigenvalue weighted by Crippen LogP contribution is -2.50. The fraction of sp³-hybridized carbons (Fsp3) is 0.833. The van der Waals surface area contributed by atoms with E-state index >= 15 is 0 Å². The Bertz CT molecular complexity index is 271. The standard InChI is InChI=1S/C12H24N2O3/c1-8(6-5-7-9(15)16)14-11(17)10(13)12(2,3)4/h8,10H,5-7,13H2,1-4H3,(H,14,17)(H,15,16). The van der Waals surface area contributed by atoms with Gasteiger partial charge in [-0.05, 0) is 25.2 Å². The van der Waals surface area contributed by atoms with Crippen LogP contribution in [0.3, 0.4) is 0 Å². The van der Waals surface area contributed by atoms with Crippen LogP contribution in [0.2, 0.25) is 0 Å². The third-order valence-corrected chi connectivity index (χ3v) is 2.63. The maximum Gasteiger partial charge on any atom is 0.303 e. The Morgan fingerprint density at radius 3 is 2.29 bits per heavy atom. The molecule has 0 saturated carbocycles. The number of carboxylic acid groups (broad SMARTS) is 1. The first kappa shape index (κ1) is 15.9. The lowest BCUT2D eigenvalue weighted by atomic mass is 9.87. The van der Waals surface area contributed by atoms with Crippen molar-refractivity contribution in [3.8, 4) is 0 Å². The molecule has 0 radical (unpaired) electrons. The van der Waals surface area contributed by atoms with Gasteiger partial charge in [-0.1, -0.05) is 20.8 Å². The molecule has 0 aromatic carbocycles. The molecule has 0 fully saturated rings. The van der Waals surface area contributed by atoms with E-state index in [4.69, 9.17) is 10.8 Å².